The van der Waals surface area contributed by atoms with Gasteiger partial charge in [0, 0.05) is 12.1 Å². The molecule has 0 atom stereocenters. The molecule has 3 aromatic rings. The predicted molar refractivity (Wildman–Crippen MR) is 105 cm³/mol. The largest absolute Gasteiger partial charge is 0.489 e. The molecule has 0 unspecified atom stereocenters. The highest BCUT2D eigenvalue weighted by Gasteiger charge is 2.09. The Hall–Kier alpha value is -3.39. The van der Waals surface area contributed by atoms with Gasteiger partial charge in [-0.2, -0.15) is 8.42 Å². The van der Waals surface area contributed by atoms with Crippen molar-refractivity contribution >= 4 is 16.4 Å². The second-order valence-corrected chi connectivity index (χ2v) is 7.05. The van der Waals surface area contributed by atoms with Gasteiger partial charge in [-0.15, -0.1) is 0 Å². The first-order chi connectivity index (χ1) is 13.9. The lowest BCUT2D eigenvalue weighted by Gasteiger charge is -2.09. The lowest BCUT2D eigenvalue weighted by Crippen LogP contribution is -2.22. The third-order valence-electron chi connectivity index (χ3n) is 3.94. The van der Waals surface area contributed by atoms with Crippen LogP contribution in [-0.4, -0.2) is 14.3 Å². The van der Waals surface area contributed by atoms with E-state index in [0.29, 0.717) is 17.9 Å². The minimum Gasteiger partial charge on any atom is -0.489 e. The molecule has 0 bridgehead atoms. The molecule has 0 aliphatic heterocycles. The summed E-state index contributed by atoms with van der Waals surface area (Å²) in [6, 6.07) is 22.1. The number of ether oxygens (including phenoxy) is 1. The molecule has 150 valence electrons. The molecule has 0 saturated heterocycles. The van der Waals surface area contributed by atoms with Crippen molar-refractivity contribution in [2.45, 2.75) is 13.2 Å². The van der Waals surface area contributed by atoms with E-state index in [-0.39, 0.29) is 18.3 Å². The first kappa shape index (κ1) is 20.3. The molecular weight excluding hydrogens is 397 g/mol. The van der Waals surface area contributed by atoms with Crippen LogP contribution in [0.3, 0.4) is 0 Å². The molecule has 8 heteroatoms. The Morgan fingerprint density at radius 1 is 0.828 bits per heavy atom. The molecular formula is C21H18FNO5S. The summed E-state index contributed by atoms with van der Waals surface area (Å²) in [4.78, 5) is 12.2. The van der Waals surface area contributed by atoms with Gasteiger partial charge < -0.3 is 14.2 Å². The summed E-state index contributed by atoms with van der Waals surface area (Å²) >= 11 is 0. The van der Waals surface area contributed by atoms with Gasteiger partial charge >= 0.3 is 10.5 Å². The van der Waals surface area contributed by atoms with Gasteiger partial charge in [-0.25, -0.2) is 0 Å². The zero-order valence-corrected chi connectivity index (χ0v) is 16.1. The van der Waals surface area contributed by atoms with Crippen LogP contribution < -0.4 is 14.2 Å². The normalized spacial score (nSPS) is 10.9. The molecule has 0 aliphatic rings. The minimum absolute atomic E-state index is 0.147. The maximum Gasteiger partial charge on any atom is 0.488 e. The van der Waals surface area contributed by atoms with Gasteiger partial charge in [0.15, 0.2) is 0 Å². The van der Waals surface area contributed by atoms with E-state index in [2.05, 4.69) is 9.50 Å². The minimum atomic E-state index is -5.05. The fraction of sp³-hybridized carbons (Fsp3) is 0.0952. The van der Waals surface area contributed by atoms with Crippen molar-refractivity contribution in [3.8, 4) is 11.5 Å². The molecule has 0 fully saturated rings. The number of halogens is 1. The van der Waals surface area contributed by atoms with E-state index in [1.807, 2.05) is 30.3 Å². The first-order valence-electron chi connectivity index (χ1n) is 8.67. The first-order valence-corrected chi connectivity index (χ1v) is 9.98. The molecule has 0 aliphatic carbocycles. The van der Waals surface area contributed by atoms with Gasteiger partial charge in [0.1, 0.15) is 18.1 Å². The number of benzene rings is 3. The summed E-state index contributed by atoms with van der Waals surface area (Å²) in [5.74, 6) is 0.142. The van der Waals surface area contributed by atoms with Crippen molar-refractivity contribution in [2.24, 2.45) is 0 Å². The van der Waals surface area contributed by atoms with Gasteiger partial charge in [0.25, 0.3) is 5.91 Å². The summed E-state index contributed by atoms with van der Waals surface area (Å²) in [5, 5.41) is 2.86. The standard InChI is InChI=1S/C21H18FNO5S/c22-29(25,26)28-20-12-10-19(11-13-20)27-15-17-6-8-18(9-7-17)21(24)23-14-16-4-2-1-3-5-16/h1-13H,14-15H2,(H,23,24). The highest BCUT2D eigenvalue weighted by Crippen LogP contribution is 2.20. The molecule has 0 spiro atoms. The molecule has 0 aromatic heterocycles. The average molecular weight is 415 g/mol. The summed E-state index contributed by atoms with van der Waals surface area (Å²) in [7, 11) is -5.05. The Labute approximate surface area is 168 Å². The van der Waals surface area contributed by atoms with Crippen LogP contribution >= 0.6 is 0 Å². The van der Waals surface area contributed by atoms with Crippen LogP contribution in [0.1, 0.15) is 21.5 Å². The number of amides is 1. The van der Waals surface area contributed by atoms with Crippen molar-refractivity contribution in [1.29, 1.82) is 0 Å². The number of nitrogens with one attached hydrogen (secondary N) is 1. The van der Waals surface area contributed by atoms with Gasteiger partial charge in [-0.1, -0.05) is 46.4 Å². The highest BCUT2D eigenvalue weighted by molar-refractivity contribution is 7.81. The monoisotopic (exact) mass is 415 g/mol. The highest BCUT2D eigenvalue weighted by atomic mass is 32.3. The van der Waals surface area contributed by atoms with E-state index < -0.39 is 10.5 Å². The average Bonchev–Trinajstić information content (AvgIpc) is 2.71. The second kappa shape index (κ2) is 9.20. The van der Waals surface area contributed by atoms with Crippen LogP contribution in [0.5, 0.6) is 11.5 Å². The maximum absolute atomic E-state index is 12.5. The van der Waals surface area contributed by atoms with E-state index in [1.54, 1.807) is 24.3 Å². The molecule has 3 aromatic carbocycles. The van der Waals surface area contributed by atoms with Crippen molar-refractivity contribution in [1.82, 2.24) is 5.32 Å². The van der Waals surface area contributed by atoms with Crippen molar-refractivity contribution in [3.05, 3.63) is 95.6 Å². The van der Waals surface area contributed by atoms with Crippen LogP contribution in [0.25, 0.3) is 0 Å². The van der Waals surface area contributed by atoms with E-state index in [1.165, 1.54) is 24.3 Å². The Morgan fingerprint density at radius 3 is 2.07 bits per heavy atom. The van der Waals surface area contributed by atoms with Gasteiger partial charge in [0.05, 0.1) is 0 Å². The Morgan fingerprint density at radius 2 is 1.45 bits per heavy atom. The summed E-state index contributed by atoms with van der Waals surface area (Å²) in [6.45, 7) is 0.696. The smallest absolute Gasteiger partial charge is 0.488 e. The second-order valence-electron chi connectivity index (χ2n) is 6.10. The fourth-order valence-corrected chi connectivity index (χ4v) is 2.85. The van der Waals surface area contributed by atoms with Crippen LogP contribution in [0, 0.1) is 0 Å². The third-order valence-corrected chi connectivity index (χ3v) is 4.33. The zero-order chi connectivity index (χ0) is 20.7. The molecule has 6 nitrogen and oxygen atoms in total. The van der Waals surface area contributed by atoms with Gasteiger partial charge in [0.2, 0.25) is 0 Å². The lowest BCUT2D eigenvalue weighted by molar-refractivity contribution is 0.0951. The summed E-state index contributed by atoms with van der Waals surface area (Å²) in [6.07, 6.45) is 0. The van der Waals surface area contributed by atoms with E-state index >= 15 is 0 Å². The third kappa shape index (κ3) is 6.62. The van der Waals surface area contributed by atoms with Crippen molar-refractivity contribution in [3.63, 3.8) is 0 Å². The fourth-order valence-electron chi connectivity index (χ4n) is 2.51. The Kier molecular flexibility index (Phi) is 6.46. The zero-order valence-electron chi connectivity index (χ0n) is 15.2. The van der Waals surface area contributed by atoms with Crippen LogP contribution in [0.15, 0.2) is 78.9 Å². The van der Waals surface area contributed by atoms with Crippen LogP contribution in [-0.2, 0) is 23.7 Å². The SMILES string of the molecule is O=C(NCc1ccccc1)c1ccc(COc2ccc(OS(=O)(=O)F)cc2)cc1. The topological polar surface area (TPSA) is 81.7 Å². The van der Waals surface area contributed by atoms with Gasteiger partial charge in [-0.3, -0.25) is 4.79 Å². The van der Waals surface area contributed by atoms with Gasteiger partial charge in [-0.05, 0) is 47.5 Å². The molecule has 0 radical (unpaired) electrons. The number of hydrogen-bond donors (Lipinski definition) is 1. The number of rotatable bonds is 8. The van der Waals surface area contributed by atoms with E-state index in [4.69, 9.17) is 4.74 Å². The molecule has 1 amide bonds. The number of carbonyl (C=O) groups is 1. The number of hydrogen-bond acceptors (Lipinski definition) is 5. The predicted octanol–water partition coefficient (Wildman–Crippen LogP) is 3.79. The molecule has 29 heavy (non-hydrogen) atoms. The molecule has 0 heterocycles. The lowest BCUT2D eigenvalue weighted by atomic mass is 10.1. The Balaban J connectivity index is 1.50. The molecule has 1 N–H and O–H groups in total. The van der Waals surface area contributed by atoms with Crippen molar-refractivity contribution < 1.29 is 26.0 Å². The number of carbonyl (C=O) groups excluding carboxylic acids is 1. The van der Waals surface area contributed by atoms with Crippen molar-refractivity contribution in [2.75, 3.05) is 0 Å². The van der Waals surface area contributed by atoms with Crippen LogP contribution in [0.4, 0.5) is 3.89 Å². The summed E-state index contributed by atoms with van der Waals surface area (Å²) < 4.78 is 43.0. The van der Waals surface area contributed by atoms with E-state index in [9.17, 15) is 17.1 Å². The summed E-state index contributed by atoms with van der Waals surface area (Å²) in [5.41, 5.74) is 2.40. The molecule has 0 saturated carbocycles. The van der Waals surface area contributed by atoms with E-state index in [0.717, 1.165) is 11.1 Å². The van der Waals surface area contributed by atoms with Crippen LogP contribution in [0.2, 0.25) is 0 Å². The maximum atomic E-state index is 12.5. The quantitative estimate of drug-likeness (QED) is 0.566. The Bertz CT molecular complexity index is 1050. The molecule has 3 rings (SSSR count).